The van der Waals surface area contributed by atoms with Gasteiger partial charge in [-0.2, -0.15) is 0 Å². The van der Waals surface area contributed by atoms with Gasteiger partial charge < -0.3 is 14.6 Å². The quantitative estimate of drug-likeness (QED) is 0.654. The number of imidazole rings is 1. The van der Waals surface area contributed by atoms with Crippen LogP contribution in [0.3, 0.4) is 0 Å². The molecule has 0 aliphatic heterocycles. The van der Waals surface area contributed by atoms with Gasteiger partial charge in [-0.05, 0) is 18.7 Å². The van der Waals surface area contributed by atoms with Crippen molar-refractivity contribution in [3.05, 3.63) is 72.2 Å². The van der Waals surface area contributed by atoms with Crippen LogP contribution in [-0.4, -0.2) is 53.4 Å². The third kappa shape index (κ3) is 5.20. The smallest absolute Gasteiger partial charge is 0.259 e. The van der Waals surface area contributed by atoms with Gasteiger partial charge in [-0.25, -0.2) is 4.98 Å². The highest BCUT2D eigenvalue weighted by atomic mass is 16.5. The molecule has 0 radical (unpaired) electrons. The highest BCUT2D eigenvalue weighted by Crippen LogP contribution is 2.21. The number of nitrogens with zero attached hydrogens (tertiary/aromatic N) is 3. The number of rotatable bonds is 8. The van der Waals surface area contributed by atoms with Gasteiger partial charge in [0.05, 0.1) is 18.4 Å². The number of H-pyrrole nitrogens is 1. The zero-order valence-electron chi connectivity index (χ0n) is 16.6. The summed E-state index contributed by atoms with van der Waals surface area (Å²) < 4.78 is 5.73. The molecule has 0 spiro atoms. The topological polar surface area (TPSA) is 61.5 Å². The van der Waals surface area contributed by atoms with Gasteiger partial charge in [-0.15, -0.1) is 0 Å². The van der Waals surface area contributed by atoms with Crippen LogP contribution in [0.15, 0.2) is 60.8 Å². The molecule has 3 rings (SSSR count). The van der Waals surface area contributed by atoms with Crippen molar-refractivity contribution in [3.8, 4) is 17.0 Å². The molecule has 0 bridgehead atoms. The summed E-state index contributed by atoms with van der Waals surface area (Å²) in [6.45, 7) is 1.40. The Bertz CT molecular complexity index is 906. The Hall–Kier alpha value is -3.12. The predicted octanol–water partition coefficient (Wildman–Crippen LogP) is 3.18. The number of aromatic amines is 1. The fourth-order valence-corrected chi connectivity index (χ4v) is 2.85. The second kappa shape index (κ2) is 9.19. The highest BCUT2D eigenvalue weighted by molar-refractivity contribution is 5.77. The molecule has 0 saturated carbocycles. The van der Waals surface area contributed by atoms with Crippen LogP contribution in [0.1, 0.15) is 11.4 Å². The summed E-state index contributed by atoms with van der Waals surface area (Å²) in [7, 11) is 5.48. The standard InChI is InChI=1S/C22H26N4O2/c1-25(2)22(27)16-28-20-12-8-7-11-18(20)14-26(3)15-21-23-13-19(24-21)17-9-5-4-6-10-17/h4-13H,14-16H2,1-3H3,(H,23,24). The number of carbonyl (C=O) groups excluding carboxylic acids is 1. The molecule has 0 aliphatic carbocycles. The Morgan fingerprint density at radius 1 is 1.00 bits per heavy atom. The van der Waals surface area contributed by atoms with Crippen molar-refractivity contribution in [1.82, 2.24) is 19.8 Å². The molecule has 6 nitrogen and oxygen atoms in total. The van der Waals surface area contributed by atoms with Crippen LogP contribution in [0.25, 0.3) is 11.3 Å². The molecule has 1 N–H and O–H groups in total. The summed E-state index contributed by atoms with van der Waals surface area (Å²) in [4.78, 5) is 23.3. The number of para-hydroxylation sites is 1. The first-order valence-corrected chi connectivity index (χ1v) is 9.21. The largest absolute Gasteiger partial charge is 0.483 e. The van der Waals surface area contributed by atoms with Crippen LogP contribution in [0.2, 0.25) is 0 Å². The van der Waals surface area contributed by atoms with Crippen molar-refractivity contribution in [2.75, 3.05) is 27.7 Å². The highest BCUT2D eigenvalue weighted by Gasteiger charge is 2.11. The van der Waals surface area contributed by atoms with E-state index >= 15 is 0 Å². The van der Waals surface area contributed by atoms with Crippen LogP contribution in [0.4, 0.5) is 0 Å². The molecule has 6 heteroatoms. The lowest BCUT2D eigenvalue weighted by Gasteiger charge is -2.18. The van der Waals surface area contributed by atoms with Gasteiger partial charge in [0.1, 0.15) is 11.6 Å². The monoisotopic (exact) mass is 378 g/mol. The lowest BCUT2D eigenvalue weighted by Crippen LogP contribution is -2.28. The number of carbonyl (C=O) groups is 1. The van der Waals surface area contributed by atoms with Gasteiger partial charge in [0.15, 0.2) is 6.61 Å². The normalized spacial score (nSPS) is 10.9. The molecule has 1 heterocycles. The number of hydrogen-bond donors (Lipinski definition) is 1. The maximum atomic E-state index is 11.8. The Kier molecular flexibility index (Phi) is 6.45. The van der Waals surface area contributed by atoms with Crippen LogP contribution >= 0.6 is 0 Å². The molecule has 28 heavy (non-hydrogen) atoms. The number of amides is 1. The summed E-state index contributed by atoms with van der Waals surface area (Å²) in [5.74, 6) is 1.57. The van der Waals surface area contributed by atoms with Crippen molar-refractivity contribution in [2.24, 2.45) is 0 Å². The number of nitrogens with one attached hydrogen (secondary N) is 1. The maximum Gasteiger partial charge on any atom is 0.259 e. The van der Waals surface area contributed by atoms with E-state index in [0.717, 1.165) is 28.4 Å². The Morgan fingerprint density at radius 2 is 1.71 bits per heavy atom. The van der Waals surface area contributed by atoms with Crippen molar-refractivity contribution in [2.45, 2.75) is 13.1 Å². The first-order chi connectivity index (χ1) is 13.5. The minimum Gasteiger partial charge on any atom is -0.483 e. The number of aromatic nitrogens is 2. The first kappa shape index (κ1) is 19.6. The van der Waals surface area contributed by atoms with Crippen molar-refractivity contribution in [3.63, 3.8) is 0 Å². The van der Waals surface area contributed by atoms with E-state index in [1.165, 1.54) is 4.90 Å². The molecule has 1 amide bonds. The predicted molar refractivity (Wildman–Crippen MR) is 110 cm³/mol. The van der Waals surface area contributed by atoms with E-state index in [9.17, 15) is 4.79 Å². The van der Waals surface area contributed by atoms with Gasteiger partial charge >= 0.3 is 0 Å². The minimum atomic E-state index is -0.0628. The number of benzene rings is 2. The van der Waals surface area contributed by atoms with Crippen molar-refractivity contribution >= 4 is 5.91 Å². The van der Waals surface area contributed by atoms with Gasteiger partial charge in [-0.1, -0.05) is 48.5 Å². The van der Waals surface area contributed by atoms with Crippen LogP contribution in [0.5, 0.6) is 5.75 Å². The van der Waals surface area contributed by atoms with E-state index < -0.39 is 0 Å². The number of ether oxygens (including phenoxy) is 1. The van der Waals surface area contributed by atoms with E-state index in [1.807, 2.05) is 55.7 Å². The molecule has 1 aromatic heterocycles. The summed E-state index contributed by atoms with van der Waals surface area (Å²) in [6.07, 6.45) is 1.86. The summed E-state index contributed by atoms with van der Waals surface area (Å²) in [5, 5.41) is 0. The van der Waals surface area contributed by atoms with Crippen LogP contribution in [-0.2, 0) is 17.9 Å². The molecule has 0 atom stereocenters. The SMILES string of the molecule is CN(Cc1ncc(-c2ccccc2)[nH]1)Cc1ccccc1OCC(=O)N(C)C. The van der Waals surface area contributed by atoms with E-state index in [0.29, 0.717) is 13.1 Å². The molecule has 0 unspecified atom stereocenters. The van der Waals surface area contributed by atoms with Gasteiger partial charge in [0.2, 0.25) is 0 Å². The van der Waals surface area contributed by atoms with Gasteiger partial charge in [0.25, 0.3) is 5.91 Å². The molecule has 0 aliphatic rings. The zero-order valence-corrected chi connectivity index (χ0v) is 16.6. The molecule has 0 fully saturated rings. The van der Waals surface area contributed by atoms with Crippen LogP contribution < -0.4 is 4.74 Å². The lowest BCUT2D eigenvalue weighted by molar-refractivity contribution is -0.130. The second-order valence-electron chi connectivity index (χ2n) is 6.97. The first-order valence-electron chi connectivity index (χ1n) is 9.21. The third-order valence-electron chi connectivity index (χ3n) is 4.40. The number of likely N-dealkylation sites (N-methyl/N-ethyl adjacent to an activating group) is 1. The van der Waals surface area contributed by atoms with E-state index in [2.05, 4.69) is 27.0 Å². The Morgan fingerprint density at radius 3 is 2.46 bits per heavy atom. The average Bonchev–Trinajstić information content (AvgIpc) is 3.16. The zero-order chi connectivity index (χ0) is 19.9. The molecule has 146 valence electrons. The molecule has 3 aromatic rings. The average molecular weight is 378 g/mol. The fraction of sp³-hybridized carbons (Fsp3) is 0.273. The summed E-state index contributed by atoms with van der Waals surface area (Å²) in [5.41, 5.74) is 3.16. The van der Waals surface area contributed by atoms with E-state index in [1.54, 1.807) is 14.1 Å². The molecular weight excluding hydrogens is 352 g/mol. The fourth-order valence-electron chi connectivity index (χ4n) is 2.85. The Labute approximate surface area is 165 Å². The van der Waals surface area contributed by atoms with Gasteiger partial charge in [-0.3, -0.25) is 9.69 Å². The second-order valence-corrected chi connectivity index (χ2v) is 6.97. The number of hydrogen-bond acceptors (Lipinski definition) is 4. The maximum absolute atomic E-state index is 11.8. The summed E-state index contributed by atoms with van der Waals surface area (Å²) >= 11 is 0. The molecule has 0 saturated heterocycles. The van der Waals surface area contributed by atoms with Crippen LogP contribution in [0, 0.1) is 0 Å². The van der Waals surface area contributed by atoms with Crippen molar-refractivity contribution in [1.29, 1.82) is 0 Å². The Balaban J connectivity index is 1.62. The molecular formula is C22H26N4O2. The third-order valence-corrected chi connectivity index (χ3v) is 4.40. The van der Waals surface area contributed by atoms with Gasteiger partial charge in [0, 0.05) is 26.2 Å². The minimum absolute atomic E-state index is 0.0341. The van der Waals surface area contributed by atoms with E-state index in [4.69, 9.17) is 4.74 Å². The van der Waals surface area contributed by atoms with E-state index in [-0.39, 0.29) is 12.5 Å². The lowest BCUT2D eigenvalue weighted by atomic mass is 10.2. The van der Waals surface area contributed by atoms with Crippen molar-refractivity contribution < 1.29 is 9.53 Å². The summed E-state index contributed by atoms with van der Waals surface area (Å²) in [6, 6.07) is 17.9. The molecule has 2 aromatic carbocycles.